The monoisotopic (exact) mass is 758 g/mol. The molecule has 0 saturated heterocycles. The van der Waals surface area contributed by atoms with Gasteiger partial charge in [0.05, 0.1) is 48.9 Å². The number of benzene rings is 3. The van der Waals surface area contributed by atoms with Crippen molar-refractivity contribution >= 4 is 40.7 Å². The van der Waals surface area contributed by atoms with E-state index in [4.69, 9.17) is 35.7 Å². The van der Waals surface area contributed by atoms with Gasteiger partial charge in [-0.25, -0.2) is 9.58 Å². The Morgan fingerprint density at radius 3 is 2.35 bits per heavy atom. The number of hydrogen-bond acceptors (Lipinski definition) is 9. The summed E-state index contributed by atoms with van der Waals surface area (Å²) in [6.45, 7) is 6.79. The number of fused-ring (bicyclic) bond motifs is 1. The molecule has 3 heterocycles. The summed E-state index contributed by atoms with van der Waals surface area (Å²) >= 11 is 6.09. The maximum Gasteiger partial charge on any atom is 0.290 e. The van der Waals surface area contributed by atoms with Crippen molar-refractivity contribution in [2.24, 2.45) is 13.0 Å². The van der Waals surface area contributed by atoms with Gasteiger partial charge in [0, 0.05) is 54.1 Å². The summed E-state index contributed by atoms with van der Waals surface area (Å²) < 4.78 is 26.9. The van der Waals surface area contributed by atoms with E-state index in [0.717, 1.165) is 4.90 Å². The first-order valence-corrected chi connectivity index (χ1v) is 18.1. The molecule has 13 nitrogen and oxygen atoms in total. The lowest BCUT2D eigenvalue weighted by Gasteiger charge is -2.36. The molecule has 2 N–H and O–H groups in total. The van der Waals surface area contributed by atoms with E-state index in [1.807, 2.05) is 51.2 Å². The average Bonchev–Trinajstić information content (AvgIpc) is 3.53. The van der Waals surface area contributed by atoms with E-state index in [0.29, 0.717) is 65.1 Å². The summed E-state index contributed by atoms with van der Waals surface area (Å²) in [4.78, 5) is 55.7. The molecule has 3 aromatic carbocycles. The second-order valence-corrected chi connectivity index (χ2v) is 13.4. The van der Waals surface area contributed by atoms with Gasteiger partial charge in [-0.05, 0) is 87.4 Å². The van der Waals surface area contributed by atoms with Crippen LogP contribution < -0.4 is 15.8 Å². The van der Waals surface area contributed by atoms with E-state index in [1.54, 1.807) is 46.6 Å². The maximum atomic E-state index is 14.3. The van der Waals surface area contributed by atoms with Gasteiger partial charge < -0.3 is 29.4 Å². The summed E-state index contributed by atoms with van der Waals surface area (Å²) in [5.41, 5.74) is 3.51. The van der Waals surface area contributed by atoms with Crippen LogP contribution in [0, 0.1) is 19.8 Å². The highest BCUT2D eigenvalue weighted by molar-refractivity contribution is 6.37. The number of aliphatic hydroxyl groups excluding tert-OH is 1. The smallest absolute Gasteiger partial charge is 0.290 e. The SMILES string of the molecule is CCO[C@H]1OC(C(=O)Nc2ccc(N3C(=O)c4ccc(Cl)cc4C3=O)c(C)c2)=C[C@@H](c2c(C)n(C)n(-c3ccccc3)c2=O)[C@H]1CCOCCOCCO. The number of aromatic nitrogens is 2. The van der Waals surface area contributed by atoms with E-state index in [-0.39, 0.29) is 42.3 Å². The number of para-hydroxylation sites is 1. The summed E-state index contributed by atoms with van der Waals surface area (Å²) in [5, 5.41) is 12.2. The molecule has 0 saturated carbocycles. The van der Waals surface area contributed by atoms with Gasteiger partial charge in [-0.15, -0.1) is 0 Å². The van der Waals surface area contributed by atoms with Gasteiger partial charge >= 0.3 is 0 Å². The molecule has 3 amide bonds. The van der Waals surface area contributed by atoms with Gasteiger partial charge in [-0.3, -0.25) is 23.9 Å². The van der Waals surface area contributed by atoms with Crippen molar-refractivity contribution in [3.63, 3.8) is 0 Å². The molecule has 284 valence electrons. The van der Waals surface area contributed by atoms with Crippen molar-refractivity contribution in [1.29, 1.82) is 0 Å². The van der Waals surface area contributed by atoms with Gasteiger partial charge in [0.2, 0.25) is 6.29 Å². The number of allylic oxidation sites excluding steroid dienone is 1. The Hall–Kier alpha value is -5.05. The average molecular weight is 759 g/mol. The number of carbonyl (C=O) groups is 3. The Morgan fingerprint density at radius 1 is 0.926 bits per heavy atom. The molecule has 0 unspecified atom stereocenters. The number of nitrogens with zero attached hydrogens (tertiary/aromatic N) is 3. The minimum atomic E-state index is -0.893. The Labute approximate surface area is 317 Å². The Bertz CT molecular complexity index is 2130. The Morgan fingerprint density at radius 2 is 1.65 bits per heavy atom. The van der Waals surface area contributed by atoms with Gasteiger partial charge in [0.15, 0.2) is 5.76 Å². The summed E-state index contributed by atoms with van der Waals surface area (Å²) in [5.74, 6) is -2.54. The third-order valence-electron chi connectivity index (χ3n) is 9.62. The second kappa shape index (κ2) is 17.0. The number of hydrogen-bond donors (Lipinski definition) is 2. The van der Waals surface area contributed by atoms with Crippen LogP contribution in [0.4, 0.5) is 11.4 Å². The van der Waals surface area contributed by atoms with Gasteiger partial charge in [-0.1, -0.05) is 29.8 Å². The van der Waals surface area contributed by atoms with Crippen LogP contribution in [0.3, 0.4) is 0 Å². The molecule has 54 heavy (non-hydrogen) atoms. The number of halogens is 1. The first kappa shape index (κ1) is 38.7. The normalized spacial score (nSPS) is 18.1. The molecule has 3 atom stereocenters. The molecule has 0 spiro atoms. The van der Waals surface area contributed by atoms with Crippen molar-refractivity contribution < 1.29 is 38.4 Å². The van der Waals surface area contributed by atoms with Crippen LogP contribution in [0.15, 0.2) is 83.4 Å². The molecule has 2 aliphatic rings. The standard InChI is InChI=1S/C40H43ClN4O9/c1-5-53-40-30(15-17-51-19-20-52-18-16-46)31(35-25(3)43(4)45(39(35)50)28-9-7-6-8-10-28)23-34(54-40)36(47)42-27-12-14-33(24(2)21-27)44-37(48)29-13-11-26(41)22-32(29)38(44)49/h6-14,21-23,30-31,40,46H,5,15-20H2,1-4H3,(H,42,47)/t30-,31-,40+/m1/s1. The largest absolute Gasteiger partial charge is 0.459 e. The lowest BCUT2D eigenvalue weighted by Crippen LogP contribution is -2.39. The zero-order valence-corrected chi connectivity index (χ0v) is 31.3. The lowest BCUT2D eigenvalue weighted by atomic mass is 9.81. The van der Waals surface area contributed by atoms with Crippen molar-refractivity contribution in [3.8, 4) is 5.69 Å². The van der Waals surface area contributed by atoms with Gasteiger partial charge in [0.25, 0.3) is 23.3 Å². The zero-order chi connectivity index (χ0) is 38.5. The molecule has 0 radical (unpaired) electrons. The van der Waals surface area contributed by atoms with Crippen LogP contribution in [0.5, 0.6) is 0 Å². The summed E-state index contributed by atoms with van der Waals surface area (Å²) in [6, 6.07) is 18.7. The van der Waals surface area contributed by atoms with Crippen molar-refractivity contribution in [2.45, 2.75) is 39.4 Å². The first-order chi connectivity index (χ1) is 26.0. The first-order valence-electron chi connectivity index (χ1n) is 17.8. The number of aryl methyl sites for hydroxylation is 1. The van der Waals surface area contributed by atoms with Crippen molar-refractivity contribution in [1.82, 2.24) is 9.36 Å². The number of rotatable bonds is 15. The van der Waals surface area contributed by atoms with E-state index in [1.165, 1.54) is 12.1 Å². The minimum absolute atomic E-state index is 0.0270. The number of imide groups is 1. The van der Waals surface area contributed by atoms with Crippen LogP contribution in [-0.4, -0.2) is 78.1 Å². The molecular formula is C40H43ClN4O9. The van der Waals surface area contributed by atoms with Crippen molar-refractivity contribution in [3.05, 3.63) is 122 Å². The summed E-state index contributed by atoms with van der Waals surface area (Å²) in [7, 11) is 1.82. The number of nitrogens with one attached hydrogen (secondary N) is 1. The number of anilines is 2. The highest BCUT2D eigenvalue weighted by Gasteiger charge is 2.41. The van der Waals surface area contributed by atoms with E-state index in [2.05, 4.69) is 5.32 Å². The molecule has 14 heteroatoms. The van der Waals surface area contributed by atoms with E-state index < -0.39 is 35.8 Å². The fraction of sp³-hybridized carbons (Fsp3) is 0.350. The summed E-state index contributed by atoms with van der Waals surface area (Å²) in [6.07, 6.45) is 1.21. The van der Waals surface area contributed by atoms with Gasteiger partial charge in [0.1, 0.15) is 0 Å². The highest BCUT2D eigenvalue weighted by Crippen LogP contribution is 2.40. The Balaban J connectivity index is 1.30. The van der Waals surface area contributed by atoms with Gasteiger partial charge in [-0.2, -0.15) is 0 Å². The third-order valence-corrected chi connectivity index (χ3v) is 9.85. The number of carbonyl (C=O) groups excluding carboxylic acids is 3. The molecule has 0 aliphatic carbocycles. The number of ether oxygens (including phenoxy) is 4. The number of aliphatic hydroxyl groups is 1. The molecule has 4 aromatic rings. The van der Waals surface area contributed by atoms with E-state index >= 15 is 0 Å². The number of amides is 3. The molecular weight excluding hydrogens is 716 g/mol. The Kier molecular flexibility index (Phi) is 12.1. The highest BCUT2D eigenvalue weighted by atomic mass is 35.5. The quantitative estimate of drug-likeness (QED) is 0.122. The lowest BCUT2D eigenvalue weighted by molar-refractivity contribution is -0.166. The van der Waals surface area contributed by atoms with Crippen molar-refractivity contribution in [2.75, 3.05) is 49.9 Å². The molecule has 1 aromatic heterocycles. The van der Waals surface area contributed by atoms with Crippen LogP contribution in [0.2, 0.25) is 5.02 Å². The molecule has 0 bridgehead atoms. The molecule has 2 aliphatic heterocycles. The predicted octanol–water partition coefficient (Wildman–Crippen LogP) is 5.28. The molecule has 0 fully saturated rings. The van der Waals surface area contributed by atoms with Crippen LogP contribution in [0.25, 0.3) is 5.69 Å². The zero-order valence-electron chi connectivity index (χ0n) is 30.5. The maximum absolute atomic E-state index is 14.3. The fourth-order valence-corrected chi connectivity index (χ4v) is 7.13. The minimum Gasteiger partial charge on any atom is -0.459 e. The van der Waals surface area contributed by atoms with Crippen LogP contribution in [-0.2, 0) is 30.8 Å². The third kappa shape index (κ3) is 7.77. The van der Waals surface area contributed by atoms with Crippen LogP contribution in [0.1, 0.15) is 56.8 Å². The fourth-order valence-electron chi connectivity index (χ4n) is 6.96. The van der Waals surface area contributed by atoms with Crippen LogP contribution >= 0.6 is 11.6 Å². The van der Waals surface area contributed by atoms with E-state index in [9.17, 15) is 19.2 Å². The molecule has 6 rings (SSSR count). The second-order valence-electron chi connectivity index (χ2n) is 13.0. The predicted molar refractivity (Wildman–Crippen MR) is 202 cm³/mol. The topological polar surface area (TPSA) is 151 Å².